The van der Waals surface area contributed by atoms with Crippen molar-refractivity contribution in [3.63, 3.8) is 0 Å². The number of aliphatic hydroxyl groups excluding tert-OH is 1. The molecule has 0 atom stereocenters. The summed E-state index contributed by atoms with van der Waals surface area (Å²) in [4.78, 5) is 0. The molecule has 0 radical (unpaired) electrons. The van der Waals surface area contributed by atoms with Crippen LogP contribution in [0.3, 0.4) is 0 Å². The molecule has 0 saturated heterocycles. The zero-order chi connectivity index (χ0) is 12.8. The highest BCUT2D eigenvalue weighted by Gasteiger charge is 2.04. The average molecular weight is 246 g/mol. The number of benzene rings is 2. The summed E-state index contributed by atoms with van der Waals surface area (Å²) in [5, 5.41) is 9.11. The molecule has 0 amide bonds. The Morgan fingerprint density at radius 3 is 2.56 bits per heavy atom. The molecular formula is C15H15FO2. The smallest absolute Gasteiger partial charge is 0.125 e. The van der Waals surface area contributed by atoms with E-state index in [0.717, 1.165) is 6.42 Å². The zero-order valence-electron chi connectivity index (χ0n) is 9.97. The lowest BCUT2D eigenvalue weighted by Crippen LogP contribution is -2.03. The molecule has 0 saturated carbocycles. The highest BCUT2D eigenvalue weighted by atomic mass is 19.1. The fraction of sp³-hybridized carbons (Fsp3) is 0.200. The number of halogens is 1. The van der Waals surface area contributed by atoms with Crippen molar-refractivity contribution in [3.05, 3.63) is 65.5 Å². The molecule has 2 aromatic carbocycles. The van der Waals surface area contributed by atoms with Gasteiger partial charge in [-0.25, -0.2) is 4.39 Å². The molecule has 2 nitrogen and oxygen atoms in total. The minimum Gasteiger partial charge on any atom is -0.493 e. The van der Waals surface area contributed by atoms with Crippen LogP contribution in [0.25, 0.3) is 0 Å². The summed E-state index contributed by atoms with van der Waals surface area (Å²) < 4.78 is 18.5. The van der Waals surface area contributed by atoms with Crippen LogP contribution in [0.2, 0.25) is 0 Å². The summed E-state index contributed by atoms with van der Waals surface area (Å²) in [6.45, 7) is 0.279. The molecule has 0 aliphatic heterocycles. The summed E-state index contributed by atoms with van der Waals surface area (Å²) in [7, 11) is 0. The molecule has 0 aliphatic rings. The van der Waals surface area contributed by atoms with Crippen LogP contribution in [0.4, 0.5) is 4.39 Å². The van der Waals surface area contributed by atoms with Gasteiger partial charge < -0.3 is 9.84 Å². The first kappa shape index (κ1) is 12.6. The Hall–Kier alpha value is -1.87. The summed E-state index contributed by atoms with van der Waals surface area (Å²) in [5.74, 6) is 0.171. The van der Waals surface area contributed by atoms with E-state index in [0.29, 0.717) is 17.9 Å². The molecule has 0 heterocycles. The van der Waals surface area contributed by atoms with E-state index in [1.165, 1.54) is 17.7 Å². The zero-order valence-corrected chi connectivity index (χ0v) is 9.97. The van der Waals surface area contributed by atoms with Gasteiger partial charge in [-0.15, -0.1) is 0 Å². The fourth-order valence-corrected chi connectivity index (χ4v) is 1.74. The van der Waals surface area contributed by atoms with Gasteiger partial charge in [-0.05, 0) is 23.8 Å². The number of rotatable bonds is 5. The van der Waals surface area contributed by atoms with Gasteiger partial charge in [-0.3, -0.25) is 0 Å². The SMILES string of the molecule is OCc1cc(F)ccc1OCCc1ccccc1. The van der Waals surface area contributed by atoms with E-state index in [4.69, 9.17) is 9.84 Å². The molecule has 94 valence electrons. The van der Waals surface area contributed by atoms with Crippen molar-refractivity contribution >= 4 is 0 Å². The quantitative estimate of drug-likeness (QED) is 0.879. The fourth-order valence-electron chi connectivity index (χ4n) is 1.74. The van der Waals surface area contributed by atoms with Gasteiger partial charge in [0.15, 0.2) is 0 Å². The van der Waals surface area contributed by atoms with Crippen LogP contribution in [0.5, 0.6) is 5.75 Å². The Morgan fingerprint density at radius 1 is 1.06 bits per heavy atom. The number of ether oxygens (including phenoxy) is 1. The van der Waals surface area contributed by atoms with E-state index in [9.17, 15) is 4.39 Å². The monoisotopic (exact) mass is 246 g/mol. The van der Waals surface area contributed by atoms with Crippen molar-refractivity contribution in [3.8, 4) is 5.75 Å². The minimum absolute atomic E-state index is 0.224. The van der Waals surface area contributed by atoms with E-state index in [-0.39, 0.29) is 12.4 Å². The first-order valence-corrected chi connectivity index (χ1v) is 5.85. The third-order valence-corrected chi connectivity index (χ3v) is 2.68. The first-order chi connectivity index (χ1) is 8.79. The molecule has 0 unspecified atom stereocenters. The standard InChI is InChI=1S/C15H15FO2/c16-14-6-7-15(13(10-14)11-17)18-9-8-12-4-2-1-3-5-12/h1-7,10,17H,8-9,11H2. The second kappa shape index (κ2) is 6.17. The molecular weight excluding hydrogens is 231 g/mol. The lowest BCUT2D eigenvalue weighted by atomic mass is 10.1. The topological polar surface area (TPSA) is 29.5 Å². The van der Waals surface area contributed by atoms with Crippen molar-refractivity contribution in [2.24, 2.45) is 0 Å². The van der Waals surface area contributed by atoms with Gasteiger partial charge in [-0.2, -0.15) is 0 Å². The number of hydrogen-bond acceptors (Lipinski definition) is 2. The van der Waals surface area contributed by atoms with Gasteiger partial charge in [0.2, 0.25) is 0 Å². The number of hydrogen-bond donors (Lipinski definition) is 1. The van der Waals surface area contributed by atoms with Crippen LogP contribution in [0, 0.1) is 5.82 Å². The highest BCUT2D eigenvalue weighted by molar-refractivity contribution is 5.33. The van der Waals surface area contributed by atoms with Crippen LogP contribution in [0.1, 0.15) is 11.1 Å². The minimum atomic E-state index is -0.366. The van der Waals surface area contributed by atoms with Crippen LogP contribution < -0.4 is 4.74 Å². The van der Waals surface area contributed by atoms with Crippen LogP contribution in [-0.2, 0) is 13.0 Å². The molecule has 2 rings (SSSR count). The molecule has 3 heteroatoms. The summed E-state index contributed by atoms with van der Waals surface area (Å²) in [6, 6.07) is 14.1. The lowest BCUT2D eigenvalue weighted by molar-refractivity contribution is 0.263. The maximum absolute atomic E-state index is 13.0. The summed E-state index contributed by atoms with van der Waals surface area (Å²) in [5.41, 5.74) is 1.66. The van der Waals surface area contributed by atoms with Crippen molar-refractivity contribution in [2.45, 2.75) is 13.0 Å². The van der Waals surface area contributed by atoms with E-state index in [1.54, 1.807) is 6.07 Å². The molecule has 2 aromatic rings. The summed E-state index contributed by atoms with van der Waals surface area (Å²) in [6.07, 6.45) is 0.781. The predicted molar refractivity (Wildman–Crippen MR) is 68.0 cm³/mol. The first-order valence-electron chi connectivity index (χ1n) is 5.85. The Bertz CT molecular complexity index is 497. The van der Waals surface area contributed by atoms with Crippen LogP contribution >= 0.6 is 0 Å². The molecule has 0 spiro atoms. The molecule has 0 fully saturated rings. The maximum atomic E-state index is 13.0. The second-order valence-corrected chi connectivity index (χ2v) is 3.99. The van der Waals surface area contributed by atoms with E-state index >= 15 is 0 Å². The van der Waals surface area contributed by atoms with Gasteiger partial charge >= 0.3 is 0 Å². The Balaban J connectivity index is 1.94. The Kier molecular flexibility index (Phi) is 4.31. The van der Waals surface area contributed by atoms with Gasteiger partial charge in [0.1, 0.15) is 11.6 Å². The van der Waals surface area contributed by atoms with Gasteiger partial charge in [0, 0.05) is 12.0 Å². The molecule has 1 N–H and O–H groups in total. The van der Waals surface area contributed by atoms with Crippen molar-refractivity contribution in [1.29, 1.82) is 0 Å². The van der Waals surface area contributed by atoms with Crippen molar-refractivity contribution < 1.29 is 14.2 Å². The summed E-state index contributed by atoms with van der Waals surface area (Å²) >= 11 is 0. The third-order valence-electron chi connectivity index (χ3n) is 2.68. The molecule has 0 aliphatic carbocycles. The Labute approximate surface area is 106 Å². The largest absolute Gasteiger partial charge is 0.493 e. The van der Waals surface area contributed by atoms with E-state index in [2.05, 4.69) is 0 Å². The lowest BCUT2D eigenvalue weighted by Gasteiger charge is -2.10. The number of aliphatic hydroxyl groups is 1. The van der Waals surface area contributed by atoms with E-state index < -0.39 is 0 Å². The van der Waals surface area contributed by atoms with Gasteiger partial charge in [0.25, 0.3) is 0 Å². The average Bonchev–Trinajstić information content (AvgIpc) is 2.41. The highest BCUT2D eigenvalue weighted by Crippen LogP contribution is 2.19. The van der Waals surface area contributed by atoms with E-state index in [1.807, 2.05) is 30.3 Å². The van der Waals surface area contributed by atoms with Crippen molar-refractivity contribution in [2.75, 3.05) is 6.61 Å². The predicted octanol–water partition coefficient (Wildman–Crippen LogP) is 2.94. The normalized spacial score (nSPS) is 10.3. The molecule has 0 aromatic heterocycles. The van der Waals surface area contributed by atoms with Gasteiger partial charge in [0.05, 0.1) is 13.2 Å². The maximum Gasteiger partial charge on any atom is 0.125 e. The molecule has 18 heavy (non-hydrogen) atoms. The second-order valence-electron chi connectivity index (χ2n) is 3.99. The van der Waals surface area contributed by atoms with Crippen LogP contribution in [-0.4, -0.2) is 11.7 Å². The third kappa shape index (κ3) is 3.31. The Morgan fingerprint density at radius 2 is 1.83 bits per heavy atom. The van der Waals surface area contributed by atoms with Crippen molar-refractivity contribution in [1.82, 2.24) is 0 Å². The molecule has 0 bridgehead atoms. The van der Waals surface area contributed by atoms with Gasteiger partial charge in [-0.1, -0.05) is 30.3 Å². The van der Waals surface area contributed by atoms with Crippen LogP contribution in [0.15, 0.2) is 48.5 Å².